The Balaban J connectivity index is 1.25. The van der Waals surface area contributed by atoms with Crippen molar-refractivity contribution in [3.8, 4) is 5.75 Å². The first-order valence-corrected chi connectivity index (χ1v) is 13.5. The van der Waals surface area contributed by atoms with E-state index in [9.17, 15) is 9.50 Å². The van der Waals surface area contributed by atoms with Crippen molar-refractivity contribution in [2.24, 2.45) is 5.41 Å². The number of likely N-dealkylation sites (tertiary alicyclic amines) is 1. The summed E-state index contributed by atoms with van der Waals surface area (Å²) in [7, 11) is 2.24. The number of halogens is 1. The predicted octanol–water partition coefficient (Wildman–Crippen LogP) is 6.10. The molecule has 0 saturated carbocycles. The van der Waals surface area contributed by atoms with Crippen molar-refractivity contribution < 1.29 is 9.50 Å². The van der Waals surface area contributed by atoms with Gasteiger partial charge in [0.2, 0.25) is 0 Å². The van der Waals surface area contributed by atoms with E-state index in [1.165, 1.54) is 55.5 Å². The Labute approximate surface area is 213 Å². The second kappa shape index (κ2) is 9.51. The topological polar surface area (TPSA) is 39.6 Å². The third-order valence-corrected chi connectivity index (χ3v) is 9.21. The second-order valence-corrected chi connectivity index (χ2v) is 11.3. The molecule has 0 bridgehead atoms. The molecule has 6 rings (SSSR count). The largest absolute Gasteiger partial charge is 0.508 e. The van der Waals surface area contributed by atoms with Crippen LogP contribution in [0.1, 0.15) is 66.2 Å². The number of rotatable bonds is 3. The maximum Gasteiger partial charge on any atom is 0.128 e. The summed E-state index contributed by atoms with van der Waals surface area (Å²) >= 11 is 0. The van der Waals surface area contributed by atoms with Gasteiger partial charge in [-0.3, -0.25) is 0 Å². The van der Waals surface area contributed by atoms with Gasteiger partial charge < -0.3 is 14.9 Å². The minimum atomic E-state index is -0.203. The molecular weight excluding hydrogens is 449 g/mol. The Morgan fingerprint density at radius 2 is 1.58 bits per heavy atom. The average Bonchev–Trinajstić information content (AvgIpc) is 2.91. The van der Waals surface area contributed by atoms with E-state index in [4.69, 9.17) is 4.98 Å². The fourth-order valence-corrected chi connectivity index (χ4v) is 6.86. The molecule has 1 spiro atoms. The number of hydrogen-bond donors (Lipinski definition) is 1. The van der Waals surface area contributed by atoms with Gasteiger partial charge in [-0.1, -0.05) is 24.3 Å². The van der Waals surface area contributed by atoms with Gasteiger partial charge in [0.1, 0.15) is 17.4 Å². The highest BCUT2D eigenvalue weighted by Gasteiger charge is 2.37. The number of phenolic OH excluding ortho intramolecular Hbond substituents is 1. The number of aromatic hydroxyl groups is 1. The van der Waals surface area contributed by atoms with E-state index in [0.29, 0.717) is 11.2 Å². The number of aryl methyl sites for hydroxylation is 1. The van der Waals surface area contributed by atoms with Crippen LogP contribution in [0.5, 0.6) is 5.75 Å². The molecule has 2 atom stereocenters. The van der Waals surface area contributed by atoms with E-state index < -0.39 is 0 Å². The Hall–Kier alpha value is -2.92. The van der Waals surface area contributed by atoms with Crippen molar-refractivity contribution in [2.75, 3.05) is 38.1 Å². The van der Waals surface area contributed by atoms with Crippen molar-refractivity contribution in [1.29, 1.82) is 0 Å². The summed E-state index contributed by atoms with van der Waals surface area (Å²) in [6.45, 7) is 4.62. The fraction of sp³-hybridized carbons (Fsp3) is 0.452. The quantitative estimate of drug-likeness (QED) is 0.487. The van der Waals surface area contributed by atoms with Crippen molar-refractivity contribution in [3.05, 3.63) is 88.9 Å². The number of piperidine rings is 2. The smallest absolute Gasteiger partial charge is 0.128 e. The molecule has 3 aromatic rings. The molecule has 36 heavy (non-hydrogen) atoms. The van der Waals surface area contributed by atoms with Crippen LogP contribution in [0.3, 0.4) is 0 Å². The lowest BCUT2D eigenvalue weighted by Crippen LogP contribution is -2.46. The molecule has 0 unspecified atom stereocenters. The molecule has 2 aliphatic heterocycles. The molecule has 0 radical (unpaired) electrons. The lowest BCUT2D eigenvalue weighted by Gasteiger charge is -2.46. The number of hydrogen-bond acceptors (Lipinski definition) is 4. The maximum atomic E-state index is 13.7. The zero-order valence-electron chi connectivity index (χ0n) is 21.2. The first-order valence-electron chi connectivity index (χ1n) is 13.5. The summed E-state index contributed by atoms with van der Waals surface area (Å²) in [6, 6.07) is 17.2. The van der Waals surface area contributed by atoms with Crippen LogP contribution < -0.4 is 4.90 Å². The molecular formula is C31H36FN3O. The van der Waals surface area contributed by atoms with Gasteiger partial charge in [-0.05, 0) is 123 Å². The van der Waals surface area contributed by atoms with Crippen molar-refractivity contribution in [2.45, 2.75) is 50.4 Å². The van der Waals surface area contributed by atoms with Crippen LogP contribution in [-0.2, 0) is 6.42 Å². The van der Waals surface area contributed by atoms with Gasteiger partial charge in [0.05, 0.1) is 0 Å². The molecule has 0 amide bonds. The van der Waals surface area contributed by atoms with Gasteiger partial charge in [-0.25, -0.2) is 9.37 Å². The Morgan fingerprint density at radius 1 is 0.889 bits per heavy atom. The lowest BCUT2D eigenvalue weighted by molar-refractivity contribution is 0.0943. The summed E-state index contributed by atoms with van der Waals surface area (Å²) in [5.74, 6) is 1.56. The van der Waals surface area contributed by atoms with Gasteiger partial charge in [-0.2, -0.15) is 0 Å². The zero-order valence-corrected chi connectivity index (χ0v) is 21.2. The first-order chi connectivity index (χ1) is 17.5. The number of aromatic nitrogens is 1. The summed E-state index contributed by atoms with van der Waals surface area (Å²) in [5, 5.41) is 10.1. The number of benzene rings is 2. The van der Waals surface area contributed by atoms with Crippen molar-refractivity contribution in [3.63, 3.8) is 0 Å². The summed E-state index contributed by atoms with van der Waals surface area (Å²) in [5.41, 5.74) is 5.31. The Kier molecular flexibility index (Phi) is 6.20. The number of anilines is 1. The highest BCUT2D eigenvalue weighted by Crippen LogP contribution is 2.47. The van der Waals surface area contributed by atoms with E-state index in [0.717, 1.165) is 37.3 Å². The van der Waals surface area contributed by atoms with Crippen LogP contribution in [-0.4, -0.2) is 48.2 Å². The summed E-state index contributed by atoms with van der Waals surface area (Å²) in [4.78, 5) is 9.88. The second-order valence-electron chi connectivity index (χ2n) is 11.3. The van der Waals surface area contributed by atoms with Crippen LogP contribution in [0.2, 0.25) is 0 Å². The molecule has 1 aromatic heterocycles. The third-order valence-electron chi connectivity index (χ3n) is 9.21. The number of fused-ring (bicyclic) bond motifs is 1. The van der Waals surface area contributed by atoms with Gasteiger partial charge in [-0.15, -0.1) is 0 Å². The van der Waals surface area contributed by atoms with E-state index in [1.807, 2.05) is 18.2 Å². The van der Waals surface area contributed by atoms with Crippen LogP contribution in [0.15, 0.2) is 60.8 Å². The van der Waals surface area contributed by atoms with Crippen LogP contribution >= 0.6 is 0 Å². The number of nitrogens with zero attached hydrogens (tertiary/aromatic N) is 3. The summed E-state index contributed by atoms with van der Waals surface area (Å²) in [6.07, 6.45) is 9.08. The minimum absolute atomic E-state index is 0.130. The van der Waals surface area contributed by atoms with Crippen LogP contribution in [0, 0.1) is 11.2 Å². The van der Waals surface area contributed by atoms with Gasteiger partial charge >= 0.3 is 0 Å². The van der Waals surface area contributed by atoms with Crippen molar-refractivity contribution in [1.82, 2.24) is 9.88 Å². The number of pyridine rings is 1. The summed E-state index contributed by atoms with van der Waals surface area (Å²) < 4.78 is 13.7. The average molecular weight is 486 g/mol. The molecule has 1 N–H and O–H groups in total. The number of phenols is 1. The molecule has 5 heteroatoms. The van der Waals surface area contributed by atoms with Crippen LogP contribution in [0.25, 0.3) is 0 Å². The molecule has 1 aliphatic carbocycles. The lowest BCUT2D eigenvalue weighted by atomic mass is 9.69. The first kappa shape index (κ1) is 23.5. The monoisotopic (exact) mass is 485 g/mol. The molecule has 4 nitrogen and oxygen atoms in total. The van der Waals surface area contributed by atoms with Crippen LogP contribution in [0.4, 0.5) is 10.2 Å². The standard InChI is InChI=1S/C31H36FN3O/c1-34-16-12-31(13-17-34)14-18-35(19-15-31)29-11-5-24(21-33-29)30-27(22-2-6-25(32)7-3-22)9-4-23-20-26(36)8-10-28(23)30/h2-3,5-8,10-11,20-21,27,30,36H,4,9,12-19H2,1H3/t27-,30+/m1/s1. The highest BCUT2D eigenvalue weighted by molar-refractivity contribution is 5.49. The molecule has 3 aliphatic rings. The minimum Gasteiger partial charge on any atom is -0.508 e. The van der Waals surface area contributed by atoms with E-state index in [-0.39, 0.29) is 17.7 Å². The highest BCUT2D eigenvalue weighted by atomic mass is 19.1. The maximum absolute atomic E-state index is 13.7. The molecule has 2 fully saturated rings. The van der Waals surface area contributed by atoms with Gasteiger partial charge in [0.25, 0.3) is 0 Å². The van der Waals surface area contributed by atoms with Crippen molar-refractivity contribution >= 4 is 5.82 Å². The SMILES string of the molecule is CN1CCC2(CC1)CCN(c1ccc([C@@H]3c4ccc(O)cc4CC[C@@H]3c3ccc(F)cc3)cn1)CC2. The predicted molar refractivity (Wildman–Crippen MR) is 142 cm³/mol. The normalized spacial score (nSPS) is 24.0. The molecule has 2 saturated heterocycles. The Bertz CT molecular complexity index is 1190. The molecule has 188 valence electrons. The zero-order chi connectivity index (χ0) is 24.7. The van der Waals surface area contributed by atoms with E-state index in [2.05, 4.69) is 41.2 Å². The van der Waals surface area contributed by atoms with Gasteiger partial charge in [0, 0.05) is 25.2 Å². The molecule has 3 heterocycles. The third kappa shape index (κ3) is 4.50. The van der Waals surface area contributed by atoms with E-state index >= 15 is 0 Å². The van der Waals surface area contributed by atoms with E-state index in [1.54, 1.807) is 18.2 Å². The fourth-order valence-electron chi connectivity index (χ4n) is 6.86. The molecule has 2 aromatic carbocycles. The van der Waals surface area contributed by atoms with Gasteiger partial charge in [0.15, 0.2) is 0 Å². The Morgan fingerprint density at radius 3 is 2.28 bits per heavy atom.